The van der Waals surface area contributed by atoms with Gasteiger partial charge >= 0.3 is 5.97 Å². The van der Waals surface area contributed by atoms with E-state index in [0.29, 0.717) is 18.4 Å². The molecule has 1 aromatic carbocycles. The van der Waals surface area contributed by atoms with Gasteiger partial charge in [0.05, 0.1) is 0 Å². The van der Waals surface area contributed by atoms with Crippen molar-refractivity contribution in [2.24, 2.45) is 0 Å². The zero-order chi connectivity index (χ0) is 15.1. The minimum absolute atomic E-state index is 0.0427. The second kappa shape index (κ2) is 7.37. The molecule has 0 heterocycles. The Bertz CT molecular complexity index is 486. The normalized spacial score (nSPS) is 11.8. The molecule has 6 nitrogen and oxygen atoms in total. The number of aliphatic carboxylic acids is 1. The number of phenols is 2. The van der Waals surface area contributed by atoms with Gasteiger partial charge in [0, 0.05) is 12.8 Å². The highest BCUT2D eigenvalue weighted by Gasteiger charge is 2.20. The Labute approximate surface area is 117 Å². The van der Waals surface area contributed by atoms with Crippen molar-refractivity contribution >= 4 is 11.9 Å². The summed E-state index contributed by atoms with van der Waals surface area (Å²) in [6.07, 6.45) is 1.90. The number of amides is 1. The summed E-state index contributed by atoms with van der Waals surface area (Å²) in [5.41, 5.74) is 0.517. The van der Waals surface area contributed by atoms with Crippen LogP contribution in [0.5, 0.6) is 11.5 Å². The number of benzene rings is 1. The zero-order valence-corrected chi connectivity index (χ0v) is 11.3. The predicted molar refractivity (Wildman–Crippen MR) is 72.6 cm³/mol. The van der Waals surface area contributed by atoms with E-state index in [1.54, 1.807) is 0 Å². The van der Waals surface area contributed by atoms with Crippen LogP contribution in [0.1, 0.15) is 31.7 Å². The van der Waals surface area contributed by atoms with E-state index in [1.165, 1.54) is 18.2 Å². The zero-order valence-electron chi connectivity index (χ0n) is 11.3. The Morgan fingerprint density at radius 2 is 1.95 bits per heavy atom. The molecule has 6 heteroatoms. The standard InChI is InChI=1S/C14H19NO5/c1-2-3-4-13(18)15-10(14(19)20)7-9-5-6-11(16)12(17)8-9/h5-6,8,10,16-17H,2-4,7H2,1H3,(H,15,18)(H,19,20)/t10-/m0/s1. The highest BCUT2D eigenvalue weighted by molar-refractivity contribution is 5.83. The molecule has 0 spiro atoms. The van der Waals surface area contributed by atoms with E-state index < -0.39 is 12.0 Å². The van der Waals surface area contributed by atoms with Crippen LogP contribution in [0.25, 0.3) is 0 Å². The number of hydrogen-bond acceptors (Lipinski definition) is 4. The van der Waals surface area contributed by atoms with E-state index in [-0.39, 0.29) is 23.8 Å². The van der Waals surface area contributed by atoms with Crippen LogP contribution in [-0.2, 0) is 16.0 Å². The molecule has 0 aromatic heterocycles. The van der Waals surface area contributed by atoms with Gasteiger partial charge in [-0.2, -0.15) is 0 Å². The summed E-state index contributed by atoms with van der Waals surface area (Å²) in [6.45, 7) is 1.95. The lowest BCUT2D eigenvalue weighted by Gasteiger charge is -2.15. The molecule has 0 radical (unpaired) electrons. The van der Waals surface area contributed by atoms with Crippen LogP contribution in [0, 0.1) is 0 Å². The number of hydrogen-bond donors (Lipinski definition) is 4. The minimum Gasteiger partial charge on any atom is -0.504 e. The van der Waals surface area contributed by atoms with E-state index in [9.17, 15) is 19.8 Å². The van der Waals surface area contributed by atoms with Crippen molar-refractivity contribution in [2.45, 2.75) is 38.6 Å². The Morgan fingerprint density at radius 3 is 2.50 bits per heavy atom. The van der Waals surface area contributed by atoms with E-state index in [2.05, 4.69) is 5.32 Å². The summed E-state index contributed by atoms with van der Waals surface area (Å²) in [5.74, 6) is -2.03. The quantitative estimate of drug-likeness (QED) is 0.565. The first-order chi connectivity index (χ1) is 9.43. The Hall–Kier alpha value is -2.24. The van der Waals surface area contributed by atoms with Crippen molar-refractivity contribution in [3.63, 3.8) is 0 Å². The lowest BCUT2D eigenvalue weighted by atomic mass is 10.0. The van der Waals surface area contributed by atoms with Gasteiger partial charge in [-0.15, -0.1) is 0 Å². The molecule has 0 unspecified atom stereocenters. The van der Waals surface area contributed by atoms with Gasteiger partial charge in [-0.1, -0.05) is 19.4 Å². The van der Waals surface area contributed by atoms with Crippen LogP contribution >= 0.6 is 0 Å². The molecule has 0 fully saturated rings. The van der Waals surface area contributed by atoms with Gasteiger partial charge in [0.15, 0.2) is 11.5 Å². The highest BCUT2D eigenvalue weighted by atomic mass is 16.4. The average Bonchev–Trinajstić information content (AvgIpc) is 2.39. The van der Waals surface area contributed by atoms with Gasteiger partial charge in [-0.05, 0) is 24.1 Å². The second-order valence-electron chi connectivity index (χ2n) is 4.59. The van der Waals surface area contributed by atoms with Gasteiger partial charge < -0.3 is 20.6 Å². The summed E-state index contributed by atoms with van der Waals surface area (Å²) in [4.78, 5) is 22.7. The Balaban J connectivity index is 2.69. The molecule has 4 N–H and O–H groups in total. The summed E-state index contributed by atoms with van der Waals surface area (Å²) < 4.78 is 0. The maximum absolute atomic E-state index is 11.6. The molecule has 20 heavy (non-hydrogen) atoms. The Morgan fingerprint density at radius 1 is 1.25 bits per heavy atom. The number of carboxylic acids is 1. The molecule has 110 valence electrons. The first-order valence-corrected chi connectivity index (χ1v) is 6.47. The van der Waals surface area contributed by atoms with Crippen LogP contribution in [0.2, 0.25) is 0 Å². The van der Waals surface area contributed by atoms with Crippen molar-refractivity contribution in [3.05, 3.63) is 23.8 Å². The smallest absolute Gasteiger partial charge is 0.326 e. The number of carbonyl (C=O) groups is 2. The lowest BCUT2D eigenvalue weighted by Crippen LogP contribution is -2.42. The van der Waals surface area contributed by atoms with Crippen LogP contribution < -0.4 is 5.32 Å². The Kier molecular flexibility index (Phi) is 5.83. The fourth-order valence-corrected chi connectivity index (χ4v) is 1.74. The van der Waals surface area contributed by atoms with Gasteiger partial charge in [-0.3, -0.25) is 4.79 Å². The molecule has 0 aliphatic rings. The van der Waals surface area contributed by atoms with Crippen LogP contribution in [0.15, 0.2) is 18.2 Å². The average molecular weight is 281 g/mol. The van der Waals surface area contributed by atoms with Crippen LogP contribution in [0.4, 0.5) is 0 Å². The molecule has 1 atom stereocenters. The number of unbranched alkanes of at least 4 members (excludes halogenated alkanes) is 1. The van der Waals surface area contributed by atoms with E-state index in [1.807, 2.05) is 6.92 Å². The van der Waals surface area contributed by atoms with Gasteiger partial charge in [0.2, 0.25) is 5.91 Å². The third kappa shape index (κ3) is 4.79. The van der Waals surface area contributed by atoms with Gasteiger partial charge in [0.25, 0.3) is 0 Å². The number of aromatic hydroxyl groups is 2. The van der Waals surface area contributed by atoms with Crippen molar-refractivity contribution in [1.82, 2.24) is 5.32 Å². The molecule has 1 amide bonds. The number of rotatable bonds is 7. The lowest BCUT2D eigenvalue weighted by molar-refractivity contribution is -0.141. The molecule has 0 saturated carbocycles. The summed E-state index contributed by atoms with van der Waals surface area (Å²) >= 11 is 0. The van der Waals surface area contributed by atoms with E-state index in [4.69, 9.17) is 5.11 Å². The van der Waals surface area contributed by atoms with Crippen molar-refractivity contribution < 1.29 is 24.9 Å². The number of nitrogens with one attached hydrogen (secondary N) is 1. The molecular formula is C14H19NO5. The van der Waals surface area contributed by atoms with Gasteiger partial charge in [0.1, 0.15) is 6.04 Å². The monoisotopic (exact) mass is 281 g/mol. The third-order valence-corrected chi connectivity index (χ3v) is 2.87. The molecule has 1 aromatic rings. The molecular weight excluding hydrogens is 262 g/mol. The fourth-order valence-electron chi connectivity index (χ4n) is 1.74. The third-order valence-electron chi connectivity index (χ3n) is 2.87. The van der Waals surface area contributed by atoms with Crippen molar-refractivity contribution in [3.8, 4) is 11.5 Å². The number of phenolic OH excluding ortho intramolecular Hbond substituents is 2. The van der Waals surface area contributed by atoms with Crippen LogP contribution in [-0.4, -0.2) is 33.2 Å². The number of carbonyl (C=O) groups excluding carboxylic acids is 1. The topological polar surface area (TPSA) is 107 Å². The predicted octanol–water partition coefficient (Wildman–Crippen LogP) is 1.40. The molecule has 0 bridgehead atoms. The largest absolute Gasteiger partial charge is 0.504 e. The molecule has 0 saturated heterocycles. The molecule has 0 aliphatic heterocycles. The summed E-state index contributed by atoms with van der Waals surface area (Å²) in [6, 6.07) is 3.01. The summed E-state index contributed by atoms with van der Waals surface area (Å²) in [5, 5.41) is 30.1. The second-order valence-corrected chi connectivity index (χ2v) is 4.59. The van der Waals surface area contributed by atoms with Gasteiger partial charge in [-0.25, -0.2) is 4.79 Å². The minimum atomic E-state index is -1.14. The SMILES string of the molecule is CCCCC(=O)N[C@@H](Cc1ccc(O)c(O)c1)C(=O)O. The summed E-state index contributed by atoms with van der Waals surface area (Å²) in [7, 11) is 0. The van der Waals surface area contributed by atoms with Crippen LogP contribution in [0.3, 0.4) is 0 Å². The molecule has 0 aliphatic carbocycles. The number of carboxylic acid groups (broad SMARTS) is 1. The maximum atomic E-state index is 11.6. The fraction of sp³-hybridized carbons (Fsp3) is 0.429. The highest BCUT2D eigenvalue weighted by Crippen LogP contribution is 2.25. The van der Waals surface area contributed by atoms with Crippen molar-refractivity contribution in [2.75, 3.05) is 0 Å². The molecule has 1 rings (SSSR count). The first kappa shape index (κ1) is 15.8. The maximum Gasteiger partial charge on any atom is 0.326 e. The van der Waals surface area contributed by atoms with E-state index in [0.717, 1.165) is 6.42 Å². The first-order valence-electron chi connectivity index (χ1n) is 6.47. The van der Waals surface area contributed by atoms with E-state index >= 15 is 0 Å². The van der Waals surface area contributed by atoms with Crippen molar-refractivity contribution in [1.29, 1.82) is 0 Å².